The van der Waals surface area contributed by atoms with E-state index in [0.717, 1.165) is 12.3 Å². The van der Waals surface area contributed by atoms with E-state index in [2.05, 4.69) is 15.3 Å². The molecule has 0 radical (unpaired) electrons. The number of aromatic nitrogens is 2. The van der Waals surface area contributed by atoms with Gasteiger partial charge in [0.25, 0.3) is 15.9 Å². The van der Waals surface area contributed by atoms with Gasteiger partial charge in [-0.1, -0.05) is 0 Å². The number of hydrogen-bond donors (Lipinski definition) is 2. The molecule has 1 aliphatic rings. The van der Waals surface area contributed by atoms with Gasteiger partial charge in [0.15, 0.2) is 5.03 Å². The van der Waals surface area contributed by atoms with Crippen LogP contribution in [0.2, 0.25) is 0 Å². The molecule has 0 atom stereocenters. The zero-order valence-electron chi connectivity index (χ0n) is 19.0. The lowest BCUT2D eigenvalue weighted by Crippen LogP contribution is -2.61. The van der Waals surface area contributed by atoms with Crippen molar-refractivity contribution in [1.82, 2.24) is 14.9 Å². The molecule has 0 unspecified atom stereocenters. The lowest BCUT2D eigenvalue weighted by Gasteiger charge is -2.48. The predicted octanol–water partition coefficient (Wildman–Crippen LogP) is 2.86. The van der Waals surface area contributed by atoms with Crippen LogP contribution >= 0.6 is 0 Å². The van der Waals surface area contributed by atoms with Gasteiger partial charge < -0.3 is 10.2 Å². The molecular formula is C20H22F6N6O3S. The van der Waals surface area contributed by atoms with E-state index in [9.17, 15) is 39.6 Å². The molecule has 0 aromatic carbocycles. The Bertz CT molecular complexity index is 1250. The van der Waals surface area contributed by atoms with Gasteiger partial charge in [0.05, 0.1) is 17.7 Å². The third-order valence-corrected chi connectivity index (χ3v) is 6.27. The lowest BCUT2D eigenvalue weighted by atomic mass is 9.98. The number of alkyl halides is 6. The Balaban J connectivity index is 1.96. The van der Waals surface area contributed by atoms with Gasteiger partial charge in [-0.2, -0.15) is 26.3 Å². The Morgan fingerprint density at radius 3 is 2.36 bits per heavy atom. The highest BCUT2D eigenvalue weighted by Crippen LogP contribution is 2.34. The van der Waals surface area contributed by atoms with Gasteiger partial charge in [0.2, 0.25) is 0 Å². The van der Waals surface area contributed by atoms with Crippen LogP contribution in [0.3, 0.4) is 0 Å². The number of primary sulfonamides is 1. The van der Waals surface area contributed by atoms with Gasteiger partial charge in [0, 0.05) is 49.3 Å². The number of carbonyl (C=O) groups is 1. The fraction of sp³-hybridized carbons (Fsp3) is 0.450. The summed E-state index contributed by atoms with van der Waals surface area (Å²) >= 11 is 0. The molecule has 3 rings (SSSR count). The molecule has 2 aromatic rings. The van der Waals surface area contributed by atoms with Crippen molar-refractivity contribution in [2.45, 2.75) is 36.8 Å². The lowest BCUT2D eigenvalue weighted by molar-refractivity contribution is -0.158. The van der Waals surface area contributed by atoms with E-state index in [0.29, 0.717) is 12.3 Å². The molecule has 3 N–H and O–H groups in total. The van der Waals surface area contributed by atoms with Crippen LogP contribution in [0.5, 0.6) is 0 Å². The largest absolute Gasteiger partial charge is 0.417 e. The van der Waals surface area contributed by atoms with Crippen molar-refractivity contribution in [2.75, 3.05) is 36.4 Å². The van der Waals surface area contributed by atoms with Crippen LogP contribution in [0.25, 0.3) is 0 Å². The molecule has 0 saturated carbocycles. The second-order valence-electron chi connectivity index (χ2n) is 8.75. The number of piperazine rings is 1. The minimum Gasteiger partial charge on any atom is -0.353 e. The highest BCUT2D eigenvalue weighted by molar-refractivity contribution is 7.89. The molecule has 1 fully saturated rings. The van der Waals surface area contributed by atoms with Crippen LogP contribution in [0, 0.1) is 0 Å². The number of rotatable bonds is 5. The topological polar surface area (TPSA) is 122 Å². The SMILES string of the molecule is CC1(C)CN(c2ncc(C(F)(F)F)cc2C(=O)Nc2ccnc(S(N)(=O)=O)c2)CCN1CC(F)(F)F. The second-order valence-corrected chi connectivity index (χ2v) is 10.3. The zero-order valence-corrected chi connectivity index (χ0v) is 19.8. The van der Waals surface area contributed by atoms with E-state index in [1.807, 2.05) is 0 Å². The van der Waals surface area contributed by atoms with E-state index in [4.69, 9.17) is 5.14 Å². The third-order valence-electron chi connectivity index (χ3n) is 5.47. The number of sulfonamides is 1. The first-order chi connectivity index (χ1) is 16.4. The Morgan fingerprint density at radius 1 is 1.14 bits per heavy atom. The van der Waals surface area contributed by atoms with E-state index in [1.54, 1.807) is 13.8 Å². The molecule has 0 aliphatic carbocycles. The number of carbonyl (C=O) groups excluding carboxylic acids is 1. The minimum absolute atomic E-state index is 0.0387. The average molecular weight is 540 g/mol. The van der Waals surface area contributed by atoms with Gasteiger partial charge >= 0.3 is 12.4 Å². The molecule has 1 saturated heterocycles. The number of anilines is 2. The van der Waals surface area contributed by atoms with Crippen molar-refractivity contribution in [1.29, 1.82) is 0 Å². The number of nitrogens with one attached hydrogen (secondary N) is 1. The first-order valence-electron chi connectivity index (χ1n) is 10.3. The van der Waals surface area contributed by atoms with Gasteiger partial charge in [-0.3, -0.25) is 9.69 Å². The van der Waals surface area contributed by atoms with Crippen LogP contribution < -0.4 is 15.4 Å². The molecule has 198 valence electrons. The van der Waals surface area contributed by atoms with Crippen molar-refractivity contribution in [3.8, 4) is 0 Å². The number of hydrogen-bond acceptors (Lipinski definition) is 7. The van der Waals surface area contributed by atoms with Crippen LogP contribution in [0.15, 0.2) is 35.6 Å². The normalized spacial score (nSPS) is 17.2. The molecular weight excluding hydrogens is 518 g/mol. The van der Waals surface area contributed by atoms with Gasteiger partial charge in [0.1, 0.15) is 5.82 Å². The molecule has 2 aromatic heterocycles. The van der Waals surface area contributed by atoms with Gasteiger partial charge in [-0.05, 0) is 26.0 Å². The number of nitrogens with zero attached hydrogens (tertiary/aromatic N) is 4. The molecule has 9 nitrogen and oxygen atoms in total. The maximum absolute atomic E-state index is 13.4. The molecule has 0 spiro atoms. The van der Waals surface area contributed by atoms with Crippen LogP contribution in [-0.2, 0) is 16.2 Å². The van der Waals surface area contributed by atoms with E-state index in [1.165, 1.54) is 15.9 Å². The first-order valence-corrected chi connectivity index (χ1v) is 11.9. The number of nitrogens with two attached hydrogens (primary N) is 1. The van der Waals surface area contributed by atoms with Crippen LogP contribution in [0.4, 0.5) is 37.8 Å². The Morgan fingerprint density at radius 2 is 1.81 bits per heavy atom. The van der Waals surface area contributed by atoms with Crippen molar-refractivity contribution < 1.29 is 39.6 Å². The van der Waals surface area contributed by atoms with Crippen molar-refractivity contribution in [3.05, 3.63) is 41.7 Å². The van der Waals surface area contributed by atoms with Crippen LogP contribution in [-0.4, -0.2) is 67.1 Å². The maximum atomic E-state index is 13.4. The van der Waals surface area contributed by atoms with Gasteiger partial charge in [-0.15, -0.1) is 0 Å². The highest BCUT2D eigenvalue weighted by atomic mass is 32.2. The average Bonchev–Trinajstić information content (AvgIpc) is 2.72. The van der Waals surface area contributed by atoms with Crippen LogP contribution in [0.1, 0.15) is 29.8 Å². The Hall–Kier alpha value is -2.98. The quantitative estimate of drug-likeness (QED) is 0.560. The summed E-state index contributed by atoms with van der Waals surface area (Å²) < 4.78 is 102. The van der Waals surface area contributed by atoms with E-state index >= 15 is 0 Å². The smallest absolute Gasteiger partial charge is 0.353 e. The van der Waals surface area contributed by atoms with Gasteiger partial charge in [-0.25, -0.2) is 23.5 Å². The Kier molecular flexibility index (Phi) is 7.27. The summed E-state index contributed by atoms with van der Waals surface area (Å²) in [5.41, 5.74) is -2.88. The molecule has 36 heavy (non-hydrogen) atoms. The summed E-state index contributed by atoms with van der Waals surface area (Å²) in [6.45, 7) is 1.73. The molecule has 1 amide bonds. The fourth-order valence-corrected chi connectivity index (χ4v) is 4.25. The summed E-state index contributed by atoms with van der Waals surface area (Å²) in [5.74, 6) is -1.22. The predicted molar refractivity (Wildman–Crippen MR) is 117 cm³/mol. The maximum Gasteiger partial charge on any atom is 0.417 e. The van der Waals surface area contributed by atoms with Crippen molar-refractivity contribution in [2.24, 2.45) is 5.14 Å². The monoisotopic (exact) mass is 540 g/mol. The highest BCUT2D eigenvalue weighted by Gasteiger charge is 2.42. The summed E-state index contributed by atoms with van der Waals surface area (Å²) in [7, 11) is -4.22. The molecule has 0 bridgehead atoms. The third kappa shape index (κ3) is 6.61. The zero-order chi connectivity index (χ0) is 27.1. The van der Waals surface area contributed by atoms with Crippen molar-refractivity contribution >= 4 is 27.4 Å². The minimum atomic E-state index is -4.83. The second kappa shape index (κ2) is 9.48. The number of pyridine rings is 2. The summed E-state index contributed by atoms with van der Waals surface area (Å²) in [6.07, 6.45) is -7.71. The number of amides is 1. The summed E-state index contributed by atoms with van der Waals surface area (Å²) in [5, 5.41) is 6.73. The Labute approximate surface area is 202 Å². The van der Waals surface area contributed by atoms with E-state index in [-0.39, 0.29) is 31.1 Å². The molecule has 16 heteroatoms. The molecule has 3 heterocycles. The standard InChI is InChI=1S/C20H22F6N6O3S/c1-18(2)10-31(5-6-32(18)11-19(21,22)23)16-14(7-12(9-29-16)20(24,25)26)17(33)30-13-3-4-28-15(8-13)36(27,34)35/h3-4,7-9H,5-6,10-11H2,1-2H3,(H2,27,34,35)(H,28,30,33). The summed E-state index contributed by atoms with van der Waals surface area (Å²) in [6, 6.07) is 2.70. The first kappa shape index (κ1) is 27.6. The van der Waals surface area contributed by atoms with E-state index < -0.39 is 56.5 Å². The fourth-order valence-electron chi connectivity index (χ4n) is 3.75. The summed E-state index contributed by atoms with van der Waals surface area (Å²) in [4.78, 5) is 23.0. The number of halogens is 6. The molecule has 1 aliphatic heterocycles. The van der Waals surface area contributed by atoms with Crippen molar-refractivity contribution in [3.63, 3.8) is 0 Å².